The molecule has 1 N–H and O–H groups in total. The van der Waals surface area contributed by atoms with Crippen molar-refractivity contribution in [2.45, 2.75) is 19.4 Å². The van der Waals surface area contributed by atoms with E-state index in [2.05, 4.69) is 15.9 Å². The first-order valence-corrected chi connectivity index (χ1v) is 6.60. The van der Waals surface area contributed by atoms with E-state index in [1.165, 1.54) is 0 Å². The molecule has 1 aliphatic rings. The quantitative estimate of drug-likeness (QED) is 0.864. The average molecular weight is 298 g/mol. The zero-order valence-corrected chi connectivity index (χ0v) is 11.4. The highest BCUT2D eigenvalue weighted by Gasteiger charge is 2.28. The number of likely N-dealkylation sites (tertiary alicyclic amines) is 1. The van der Waals surface area contributed by atoms with Crippen LogP contribution < -0.4 is 0 Å². The lowest BCUT2D eigenvalue weighted by Crippen LogP contribution is -2.45. The van der Waals surface area contributed by atoms with Crippen molar-refractivity contribution in [3.8, 4) is 0 Å². The number of aliphatic hydroxyl groups is 1. The first-order valence-electron chi connectivity index (χ1n) is 5.81. The molecular formula is C13H16BrNO2. The van der Waals surface area contributed by atoms with Crippen molar-refractivity contribution in [1.29, 1.82) is 0 Å². The molecule has 3 nitrogen and oxygen atoms in total. The van der Waals surface area contributed by atoms with Crippen LogP contribution in [0.25, 0.3) is 0 Å². The molecule has 0 aromatic heterocycles. The Morgan fingerprint density at radius 2 is 2.18 bits per heavy atom. The largest absolute Gasteiger partial charge is 0.391 e. The Morgan fingerprint density at radius 3 is 2.82 bits per heavy atom. The molecule has 1 aromatic rings. The highest BCUT2D eigenvalue weighted by atomic mass is 79.9. The van der Waals surface area contributed by atoms with Crippen molar-refractivity contribution >= 4 is 21.8 Å². The van der Waals surface area contributed by atoms with Gasteiger partial charge < -0.3 is 10.0 Å². The van der Waals surface area contributed by atoms with E-state index < -0.39 is 6.10 Å². The van der Waals surface area contributed by atoms with E-state index in [4.69, 9.17) is 0 Å². The zero-order valence-electron chi connectivity index (χ0n) is 9.77. The normalized spacial score (nSPS) is 24.8. The Kier molecular flexibility index (Phi) is 3.84. The zero-order chi connectivity index (χ0) is 12.4. The maximum Gasteiger partial charge on any atom is 0.255 e. The fourth-order valence-corrected chi connectivity index (χ4v) is 2.49. The van der Waals surface area contributed by atoms with Gasteiger partial charge >= 0.3 is 0 Å². The Balaban J connectivity index is 2.14. The Hall–Kier alpha value is -0.870. The minimum absolute atomic E-state index is 0.0107. The minimum Gasteiger partial charge on any atom is -0.391 e. The van der Waals surface area contributed by atoms with Gasteiger partial charge in [0.25, 0.3) is 5.91 Å². The first kappa shape index (κ1) is 12.6. The molecule has 1 heterocycles. The molecule has 4 heteroatoms. The van der Waals surface area contributed by atoms with Crippen LogP contribution in [0.5, 0.6) is 0 Å². The Morgan fingerprint density at radius 1 is 1.47 bits per heavy atom. The van der Waals surface area contributed by atoms with Gasteiger partial charge in [0.05, 0.1) is 11.7 Å². The number of aliphatic hydroxyl groups excluding tert-OH is 1. The summed E-state index contributed by atoms with van der Waals surface area (Å²) >= 11 is 3.38. The number of hydrogen-bond acceptors (Lipinski definition) is 2. The highest BCUT2D eigenvalue weighted by molar-refractivity contribution is 9.10. The van der Waals surface area contributed by atoms with Crippen LogP contribution in [0.15, 0.2) is 28.7 Å². The van der Waals surface area contributed by atoms with E-state index in [9.17, 15) is 9.90 Å². The summed E-state index contributed by atoms with van der Waals surface area (Å²) in [6.07, 6.45) is 0.451. The van der Waals surface area contributed by atoms with Crippen molar-refractivity contribution in [2.24, 2.45) is 5.92 Å². The second kappa shape index (κ2) is 5.19. The van der Waals surface area contributed by atoms with Crippen molar-refractivity contribution in [3.05, 3.63) is 34.3 Å². The third-order valence-corrected chi connectivity index (χ3v) is 4.00. The number of hydrogen-bond donors (Lipinski definition) is 1. The minimum atomic E-state index is -0.407. The molecule has 2 atom stereocenters. The predicted molar refractivity (Wildman–Crippen MR) is 69.8 cm³/mol. The molecule has 0 radical (unpaired) electrons. The van der Waals surface area contributed by atoms with Crippen molar-refractivity contribution in [3.63, 3.8) is 0 Å². The van der Waals surface area contributed by atoms with E-state index in [-0.39, 0.29) is 11.8 Å². The van der Waals surface area contributed by atoms with Gasteiger partial charge in [0.15, 0.2) is 0 Å². The van der Waals surface area contributed by atoms with Crippen molar-refractivity contribution < 1.29 is 9.90 Å². The summed E-state index contributed by atoms with van der Waals surface area (Å²) in [5.41, 5.74) is 0.661. The molecule has 1 fully saturated rings. The molecule has 1 saturated heterocycles. The summed E-state index contributed by atoms with van der Waals surface area (Å²) < 4.78 is 0.804. The van der Waals surface area contributed by atoms with E-state index in [0.29, 0.717) is 12.1 Å². The van der Waals surface area contributed by atoms with Gasteiger partial charge in [0, 0.05) is 17.6 Å². The molecule has 92 valence electrons. The Bertz CT molecular complexity index is 422. The third-order valence-electron chi connectivity index (χ3n) is 3.31. The number of piperidine rings is 1. The van der Waals surface area contributed by atoms with E-state index in [0.717, 1.165) is 17.4 Å². The molecule has 0 spiro atoms. The molecule has 1 aromatic carbocycles. The summed E-state index contributed by atoms with van der Waals surface area (Å²) in [6, 6.07) is 7.39. The fourth-order valence-electron chi connectivity index (χ4n) is 2.04. The number of carbonyl (C=O) groups excluding carboxylic acids is 1. The average Bonchev–Trinajstić information content (AvgIpc) is 2.32. The molecule has 1 aliphatic heterocycles. The molecular weight excluding hydrogens is 282 g/mol. The van der Waals surface area contributed by atoms with Crippen LogP contribution >= 0.6 is 15.9 Å². The van der Waals surface area contributed by atoms with Gasteiger partial charge in [-0.1, -0.05) is 19.1 Å². The van der Waals surface area contributed by atoms with Crippen LogP contribution in [0, 0.1) is 5.92 Å². The third kappa shape index (κ3) is 2.69. The summed E-state index contributed by atoms with van der Waals surface area (Å²) in [4.78, 5) is 14.0. The summed E-state index contributed by atoms with van der Waals surface area (Å²) in [7, 11) is 0. The molecule has 0 saturated carbocycles. The number of β-amino-alcohol motifs (C(OH)–C–C–N with tert-alkyl or cyclic N) is 1. The van der Waals surface area contributed by atoms with Crippen LogP contribution in [0.3, 0.4) is 0 Å². The number of amides is 1. The molecule has 2 unspecified atom stereocenters. The molecule has 2 rings (SSSR count). The molecule has 0 bridgehead atoms. The van der Waals surface area contributed by atoms with Crippen LogP contribution in [-0.2, 0) is 0 Å². The van der Waals surface area contributed by atoms with E-state index in [1.807, 2.05) is 25.1 Å². The van der Waals surface area contributed by atoms with Gasteiger partial charge in [-0.3, -0.25) is 4.79 Å². The van der Waals surface area contributed by atoms with E-state index >= 15 is 0 Å². The van der Waals surface area contributed by atoms with Crippen molar-refractivity contribution in [1.82, 2.24) is 4.90 Å². The standard InChI is InChI=1S/C13H16BrNO2/c1-9-6-7-15(8-12(9)16)13(17)10-4-2-3-5-11(10)14/h2-5,9,12,16H,6-8H2,1H3. The predicted octanol–water partition coefficient (Wildman–Crippen LogP) is 2.29. The second-order valence-corrected chi connectivity index (χ2v) is 5.42. The van der Waals surface area contributed by atoms with Crippen LogP contribution in [-0.4, -0.2) is 35.1 Å². The monoisotopic (exact) mass is 297 g/mol. The first-order chi connectivity index (χ1) is 8.09. The summed E-state index contributed by atoms with van der Waals surface area (Å²) in [5, 5.41) is 9.81. The fraction of sp³-hybridized carbons (Fsp3) is 0.462. The molecule has 17 heavy (non-hydrogen) atoms. The van der Waals surface area contributed by atoms with Crippen LogP contribution in [0.1, 0.15) is 23.7 Å². The second-order valence-electron chi connectivity index (χ2n) is 4.56. The Labute approximate surface area is 110 Å². The maximum absolute atomic E-state index is 12.3. The number of carbonyl (C=O) groups is 1. The number of nitrogens with zero attached hydrogens (tertiary/aromatic N) is 1. The maximum atomic E-state index is 12.3. The van der Waals surface area contributed by atoms with Crippen LogP contribution in [0.4, 0.5) is 0 Å². The number of halogens is 1. The van der Waals surface area contributed by atoms with Crippen molar-refractivity contribution in [2.75, 3.05) is 13.1 Å². The van der Waals surface area contributed by atoms with Gasteiger partial charge in [-0.15, -0.1) is 0 Å². The molecule has 1 amide bonds. The van der Waals surface area contributed by atoms with E-state index in [1.54, 1.807) is 11.0 Å². The lowest BCUT2D eigenvalue weighted by molar-refractivity contribution is 0.0248. The number of benzene rings is 1. The smallest absolute Gasteiger partial charge is 0.255 e. The summed E-state index contributed by atoms with van der Waals surface area (Å²) in [5.74, 6) is 0.265. The lowest BCUT2D eigenvalue weighted by atomic mass is 9.95. The van der Waals surface area contributed by atoms with Gasteiger partial charge in [-0.25, -0.2) is 0 Å². The van der Waals surface area contributed by atoms with Gasteiger partial charge in [-0.05, 0) is 40.4 Å². The summed E-state index contributed by atoms with van der Waals surface area (Å²) in [6.45, 7) is 3.17. The number of rotatable bonds is 1. The van der Waals surface area contributed by atoms with Gasteiger partial charge in [0.1, 0.15) is 0 Å². The molecule has 0 aliphatic carbocycles. The SMILES string of the molecule is CC1CCN(C(=O)c2ccccc2Br)CC1O. The highest BCUT2D eigenvalue weighted by Crippen LogP contribution is 2.22. The van der Waals surface area contributed by atoms with Gasteiger partial charge in [-0.2, -0.15) is 0 Å². The topological polar surface area (TPSA) is 40.5 Å². The lowest BCUT2D eigenvalue weighted by Gasteiger charge is -2.34. The van der Waals surface area contributed by atoms with Crippen LogP contribution in [0.2, 0.25) is 0 Å². The van der Waals surface area contributed by atoms with Gasteiger partial charge in [0.2, 0.25) is 0 Å².